The van der Waals surface area contributed by atoms with Gasteiger partial charge in [0.1, 0.15) is 11.9 Å². The zero-order valence-corrected chi connectivity index (χ0v) is 11.7. The molecule has 110 valence electrons. The predicted molar refractivity (Wildman–Crippen MR) is 77.5 cm³/mol. The molecule has 1 atom stereocenters. The van der Waals surface area contributed by atoms with Crippen LogP contribution in [-0.4, -0.2) is 40.3 Å². The first-order valence-electron chi connectivity index (χ1n) is 7.19. The van der Waals surface area contributed by atoms with Crippen LogP contribution >= 0.6 is 0 Å². The summed E-state index contributed by atoms with van der Waals surface area (Å²) in [6, 6.07) is 9.79. The van der Waals surface area contributed by atoms with Gasteiger partial charge in [-0.2, -0.15) is 5.10 Å². The topological polar surface area (TPSA) is 79.9 Å². The van der Waals surface area contributed by atoms with Crippen LogP contribution in [0.4, 0.5) is 0 Å². The number of benzene rings is 1. The number of carbonyl (C=O) groups is 1. The fourth-order valence-electron chi connectivity index (χ4n) is 2.33. The van der Waals surface area contributed by atoms with Gasteiger partial charge in [-0.25, -0.2) is 4.98 Å². The van der Waals surface area contributed by atoms with E-state index >= 15 is 0 Å². The molecule has 2 heterocycles. The third-order valence-electron chi connectivity index (χ3n) is 3.45. The second-order valence-electron chi connectivity index (χ2n) is 5.01. The molecular formula is C15H18N4O2. The Kier molecular flexibility index (Phi) is 4.25. The zero-order valence-electron chi connectivity index (χ0n) is 11.7. The van der Waals surface area contributed by atoms with Crippen molar-refractivity contribution in [1.29, 1.82) is 0 Å². The van der Waals surface area contributed by atoms with E-state index < -0.39 is 0 Å². The van der Waals surface area contributed by atoms with E-state index in [0.717, 1.165) is 24.2 Å². The number of nitrogens with zero attached hydrogens (tertiary/aromatic N) is 2. The molecule has 1 aromatic carbocycles. The quantitative estimate of drug-likeness (QED) is 0.868. The van der Waals surface area contributed by atoms with E-state index in [1.54, 1.807) is 0 Å². The van der Waals surface area contributed by atoms with Crippen molar-refractivity contribution in [1.82, 2.24) is 20.5 Å². The monoisotopic (exact) mass is 286 g/mol. The number of hydrogen-bond donors (Lipinski definition) is 2. The molecule has 0 spiro atoms. The zero-order chi connectivity index (χ0) is 14.5. The molecule has 2 N–H and O–H groups in total. The van der Waals surface area contributed by atoms with E-state index in [2.05, 4.69) is 20.5 Å². The Morgan fingerprint density at radius 2 is 2.24 bits per heavy atom. The summed E-state index contributed by atoms with van der Waals surface area (Å²) in [5.74, 6) is 1.41. The number of aromatic amines is 1. The summed E-state index contributed by atoms with van der Waals surface area (Å²) in [6.07, 6.45) is 2.12. The molecule has 1 aromatic heterocycles. The van der Waals surface area contributed by atoms with Crippen molar-refractivity contribution in [2.24, 2.45) is 0 Å². The molecule has 1 amide bonds. The standard InChI is InChI=1S/C15H18N4O2/c20-15(12-7-4-10-21-12)16-9-8-13-17-14(19-18-13)11-5-2-1-3-6-11/h1-3,5-6,12H,4,7-10H2,(H,16,20)(H,17,18,19). The second-order valence-corrected chi connectivity index (χ2v) is 5.01. The average molecular weight is 286 g/mol. The molecule has 0 aliphatic carbocycles. The van der Waals surface area contributed by atoms with Gasteiger partial charge >= 0.3 is 0 Å². The molecule has 0 radical (unpaired) electrons. The second kappa shape index (κ2) is 6.49. The number of amides is 1. The number of ether oxygens (including phenoxy) is 1. The maximum absolute atomic E-state index is 11.8. The molecule has 2 aromatic rings. The van der Waals surface area contributed by atoms with Crippen LogP contribution in [0.25, 0.3) is 11.4 Å². The Morgan fingerprint density at radius 3 is 3.00 bits per heavy atom. The molecule has 6 heteroatoms. The van der Waals surface area contributed by atoms with Crippen LogP contribution in [0.2, 0.25) is 0 Å². The van der Waals surface area contributed by atoms with Gasteiger partial charge in [0.05, 0.1) is 0 Å². The minimum atomic E-state index is -0.278. The smallest absolute Gasteiger partial charge is 0.249 e. The first-order chi connectivity index (χ1) is 10.3. The number of aromatic nitrogens is 3. The van der Waals surface area contributed by atoms with Gasteiger partial charge in [-0.3, -0.25) is 9.89 Å². The summed E-state index contributed by atoms with van der Waals surface area (Å²) in [7, 11) is 0. The highest BCUT2D eigenvalue weighted by molar-refractivity contribution is 5.80. The maximum Gasteiger partial charge on any atom is 0.249 e. The molecular weight excluding hydrogens is 268 g/mol. The van der Waals surface area contributed by atoms with E-state index in [1.807, 2.05) is 30.3 Å². The van der Waals surface area contributed by atoms with Crippen molar-refractivity contribution >= 4 is 5.91 Å². The fourth-order valence-corrected chi connectivity index (χ4v) is 2.33. The Morgan fingerprint density at radius 1 is 1.38 bits per heavy atom. The van der Waals surface area contributed by atoms with Gasteiger partial charge in [0.25, 0.3) is 0 Å². The van der Waals surface area contributed by atoms with Gasteiger partial charge in [0.15, 0.2) is 5.82 Å². The van der Waals surface area contributed by atoms with Gasteiger partial charge in [-0.15, -0.1) is 0 Å². The van der Waals surface area contributed by atoms with Gasteiger partial charge in [-0.05, 0) is 12.8 Å². The Labute approximate surface area is 122 Å². The average Bonchev–Trinajstić information content (AvgIpc) is 3.20. The Hall–Kier alpha value is -2.21. The van der Waals surface area contributed by atoms with E-state index in [0.29, 0.717) is 25.4 Å². The molecule has 1 aliphatic rings. The van der Waals surface area contributed by atoms with Gasteiger partial charge in [-0.1, -0.05) is 30.3 Å². The van der Waals surface area contributed by atoms with Crippen LogP contribution in [0.1, 0.15) is 18.7 Å². The van der Waals surface area contributed by atoms with Crippen LogP contribution < -0.4 is 5.32 Å². The number of H-pyrrole nitrogens is 1. The summed E-state index contributed by atoms with van der Waals surface area (Å²) >= 11 is 0. The van der Waals surface area contributed by atoms with Gasteiger partial charge in [0, 0.05) is 25.1 Å². The number of rotatable bonds is 5. The highest BCUT2D eigenvalue weighted by Crippen LogP contribution is 2.13. The lowest BCUT2D eigenvalue weighted by atomic mass is 10.2. The summed E-state index contributed by atoms with van der Waals surface area (Å²) in [6.45, 7) is 1.21. The summed E-state index contributed by atoms with van der Waals surface area (Å²) in [5, 5.41) is 9.96. The minimum absolute atomic E-state index is 0.0321. The molecule has 1 aliphatic heterocycles. The van der Waals surface area contributed by atoms with E-state index in [4.69, 9.17) is 4.74 Å². The lowest BCUT2D eigenvalue weighted by Crippen LogP contribution is -2.35. The van der Waals surface area contributed by atoms with Crippen molar-refractivity contribution in [2.75, 3.05) is 13.2 Å². The number of carbonyl (C=O) groups excluding carboxylic acids is 1. The lowest BCUT2D eigenvalue weighted by molar-refractivity contribution is -0.129. The van der Waals surface area contributed by atoms with E-state index in [-0.39, 0.29) is 12.0 Å². The largest absolute Gasteiger partial charge is 0.368 e. The molecule has 3 rings (SSSR count). The van der Waals surface area contributed by atoms with Gasteiger partial charge < -0.3 is 10.1 Å². The summed E-state index contributed by atoms with van der Waals surface area (Å²) < 4.78 is 5.33. The van der Waals surface area contributed by atoms with E-state index in [9.17, 15) is 4.79 Å². The summed E-state index contributed by atoms with van der Waals surface area (Å²) in [4.78, 5) is 16.2. The van der Waals surface area contributed by atoms with Crippen LogP contribution in [-0.2, 0) is 16.0 Å². The first kappa shape index (κ1) is 13.8. The third-order valence-corrected chi connectivity index (χ3v) is 3.45. The number of hydrogen-bond acceptors (Lipinski definition) is 4. The lowest BCUT2D eigenvalue weighted by Gasteiger charge is -2.09. The molecule has 21 heavy (non-hydrogen) atoms. The highest BCUT2D eigenvalue weighted by Gasteiger charge is 2.22. The SMILES string of the molecule is O=C(NCCc1nc(-c2ccccc2)n[nH]1)C1CCCO1. The van der Waals surface area contributed by atoms with Crippen molar-refractivity contribution < 1.29 is 9.53 Å². The molecule has 6 nitrogen and oxygen atoms in total. The van der Waals surface area contributed by atoms with Crippen LogP contribution in [0.15, 0.2) is 30.3 Å². The molecule has 0 bridgehead atoms. The fraction of sp³-hybridized carbons (Fsp3) is 0.400. The highest BCUT2D eigenvalue weighted by atomic mass is 16.5. The van der Waals surface area contributed by atoms with Crippen LogP contribution in [0.5, 0.6) is 0 Å². The van der Waals surface area contributed by atoms with Crippen molar-refractivity contribution in [3.8, 4) is 11.4 Å². The van der Waals surface area contributed by atoms with Crippen molar-refractivity contribution in [3.05, 3.63) is 36.2 Å². The molecule has 0 saturated carbocycles. The number of nitrogens with one attached hydrogen (secondary N) is 2. The third kappa shape index (κ3) is 3.46. The van der Waals surface area contributed by atoms with Crippen molar-refractivity contribution in [3.63, 3.8) is 0 Å². The predicted octanol–water partition coefficient (Wildman–Crippen LogP) is 1.31. The molecule has 1 fully saturated rings. The molecule has 1 saturated heterocycles. The van der Waals surface area contributed by atoms with E-state index in [1.165, 1.54) is 0 Å². The molecule has 1 unspecified atom stereocenters. The van der Waals surface area contributed by atoms with Gasteiger partial charge in [0.2, 0.25) is 5.91 Å². The minimum Gasteiger partial charge on any atom is -0.368 e. The van der Waals surface area contributed by atoms with Crippen LogP contribution in [0, 0.1) is 0 Å². The van der Waals surface area contributed by atoms with Crippen molar-refractivity contribution in [2.45, 2.75) is 25.4 Å². The normalized spacial score (nSPS) is 17.8. The summed E-state index contributed by atoms with van der Waals surface area (Å²) in [5.41, 5.74) is 0.975. The first-order valence-corrected chi connectivity index (χ1v) is 7.19. The Balaban J connectivity index is 1.50. The maximum atomic E-state index is 11.8. The Bertz CT molecular complexity index is 591. The van der Waals surface area contributed by atoms with Crippen LogP contribution in [0.3, 0.4) is 0 Å².